The van der Waals surface area contributed by atoms with Crippen molar-refractivity contribution in [2.75, 3.05) is 6.61 Å². The summed E-state index contributed by atoms with van der Waals surface area (Å²) in [6.45, 7) is 2.10. The van der Waals surface area contributed by atoms with Crippen molar-refractivity contribution in [1.82, 2.24) is 5.32 Å². The summed E-state index contributed by atoms with van der Waals surface area (Å²) in [4.78, 5) is 28.1. The van der Waals surface area contributed by atoms with Gasteiger partial charge in [-0.05, 0) is 48.1 Å². The van der Waals surface area contributed by atoms with Crippen molar-refractivity contribution in [2.24, 2.45) is 0 Å². The van der Waals surface area contributed by atoms with Gasteiger partial charge in [0.05, 0.1) is 12.2 Å². The summed E-state index contributed by atoms with van der Waals surface area (Å²) in [5, 5.41) is 15.6. The lowest BCUT2D eigenvalue weighted by atomic mass is 9.72. The monoisotopic (exact) mass is 485 g/mol. The van der Waals surface area contributed by atoms with Crippen LogP contribution in [0.1, 0.15) is 47.6 Å². The Labute approximate surface area is 208 Å². The Kier molecular flexibility index (Phi) is 6.55. The van der Waals surface area contributed by atoms with Gasteiger partial charge in [0.15, 0.2) is 5.78 Å². The number of dihydropyridines is 1. The van der Waals surface area contributed by atoms with Gasteiger partial charge in [0.25, 0.3) is 0 Å². The van der Waals surface area contributed by atoms with E-state index >= 15 is 0 Å². The molecule has 1 aliphatic carbocycles. The molecule has 6 heteroatoms. The molecule has 2 aliphatic rings. The summed E-state index contributed by atoms with van der Waals surface area (Å²) in [6, 6.07) is 20.7. The maximum absolute atomic E-state index is 13.5. The van der Waals surface area contributed by atoms with Crippen LogP contribution in [-0.4, -0.2) is 23.5 Å². The van der Waals surface area contributed by atoms with Crippen LogP contribution < -0.4 is 5.32 Å². The van der Waals surface area contributed by atoms with Crippen molar-refractivity contribution in [3.63, 3.8) is 0 Å². The third kappa shape index (κ3) is 4.80. The van der Waals surface area contributed by atoms with E-state index in [4.69, 9.17) is 4.74 Å². The van der Waals surface area contributed by atoms with Crippen molar-refractivity contribution in [2.45, 2.75) is 38.0 Å². The molecule has 5 rings (SSSR count). The number of thiophene rings is 1. The fraction of sp³-hybridized carbons (Fsp3) is 0.241. The van der Waals surface area contributed by atoms with Crippen LogP contribution in [-0.2, 0) is 20.7 Å². The molecular weight excluding hydrogens is 458 g/mol. The quantitative estimate of drug-likeness (QED) is 0.445. The van der Waals surface area contributed by atoms with Crippen molar-refractivity contribution in [1.29, 1.82) is 0 Å². The predicted molar refractivity (Wildman–Crippen MR) is 136 cm³/mol. The Hall–Kier alpha value is -3.64. The highest BCUT2D eigenvalue weighted by molar-refractivity contribution is 7.10. The number of ketones is 1. The van der Waals surface area contributed by atoms with Crippen LogP contribution in [0, 0.1) is 0 Å². The number of esters is 1. The average Bonchev–Trinajstić information content (AvgIpc) is 3.39. The van der Waals surface area contributed by atoms with Crippen LogP contribution in [0.15, 0.2) is 94.7 Å². The Balaban J connectivity index is 1.46. The topological polar surface area (TPSA) is 75.6 Å². The minimum atomic E-state index is -0.584. The van der Waals surface area contributed by atoms with E-state index < -0.39 is 11.9 Å². The molecule has 0 amide bonds. The molecule has 0 spiro atoms. The lowest BCUT2D eigenvalue weighted by Gasteiger charge is -2.36. The maximum atomic E-state index is 13.5. The fourth-order valence-electron chi connectivity index (χ4n) is 5.06. The molecule has 2 atom stereocenters. The fourth-order valence-corrected chi connectivity index (χ4v) is 5.89. The first-order valence-electron chi connectivity index (χ1n) is 11.8. The second-order valence-corrected chi connectivity index (χ2v) is 9.98. The zero-order chi connectivity index (χ0) is 24.4. The molecular formula is C29H27NO4S. The van der Waals surface area contributed by atoms with Crippen LogP contribution in [0.4, 0.5) is 0 Å². The highest BCUT2D eigenvalue weighted by Crippen LogP contribution is 2.46. The van der Waals surface area contributed by atoms with Gasteiger partial charge in [-0.2, -0.15) is 0 Å². The molecule has 178 valence electrons. The number of nitrogens with one attached hydrogen (secondary N) is 1. The molecule has 1 aromatic heterocycles. The predicted octanol–water partition coefficient (Wildman–Crippen LogP) is 5.60. The highest BCUT2D eigenvalue weighted by atomic mass is 32.1. The number of allylic oxidation sites excluding steroid dienone is 3. The smallest absolute Gasteiger partial charge is 0.336 e. The number of carbonyl (C=O) groups excluding carboxylic acids is 2. The molecule has 5 nitrogen and oxygen atoms in total. The van der Waals surface area contributed by atoms with Crippen LogP contribution in [0.2, 0.25) is 0 Å². The Morgan fingerprint density at radius 3 is 2.66 bits per heavy atom. The zero-order valence-electron chi connectivity index (χ0n) is 19.5. The van der Waals surface area contributed by atoms with Gasteiger partial charge in [0.2, 0.25) is 0 Å². The molecule has 0 fully saturated rings. The minimum Gasteiger partial charge on any atom is -0.508 e. The highest BCUT2D eigenvalue weighted by Gasteiger charge is 2.41. The summed E-state index contributed by atoms with van der Waals surface area (Å²) < 4.78 is 5.70. The number of phenolic OH excluding ortho intramolecular Hbond substituents is 1. The first-order chi connectivity index (χ1) is 17.0. The van der Waals surface area contributed by atoms with Crippen molar-refractivity contribution < 1.29 is 19.4 Å². The number of Topliss-reactive ketones (excluding diaryl/α,β-unsaturated/α-hetero) is 1. The van der Waals surface area contributed by atoms with E-state index in [2.05, 4.69) is 11.4 Å². The number of aromatic hydroxyl groups is 1. The molecule has 1 aliphatic heterocycles. The molecule has 3 aromatic rings. The van der Waals surface area contributed by atoms with Crippen LogP contribution in [0.5, 0.6) is 5.75 Å². The number of hydrogen-bond donors (Lipinski definition) is 2. The normalized spacial score (nSPS) is 19.9. The van der Waals surface area contributed by atoms with Crippen LogP contribution in [0.3, 0.4) is 0 Å². The molecule has 2 heterocycles. The number of hydrogen-bond acceptors (Lipinski definition) is 6. The minimum absolute atomic E-state index is 0.0209. The second kappa shape index (κ2) is 9.92. The summed E-state index contributed by atoms with van der Waals surface area (Å²) >= 11 is 1.66. The van der Waals surface area contributed by atoms with Crippen LogP contribution in [0.25, 0.3) is 0 Å². The molecule has 2 aromatic carbocycles. The van der Waals surface area contributed by atoms with Gasteiger partial charge in [-0.25, -0.2) is 4.79 Å². The van der Waals surface area contributed by atoms with Crippen molar-refractivity contribution >= 4 is 23.1 Å². The van der Waals surface area contributed by atoms with Crippen molar-refractivity contribution in [3.05, 3.63) is 111 Å². The largest absolute Gasteiger partial charge is 0.508 e. The van der Waals surface area contributed by atoms with Gasteiger partial charge in [0.1, 0.15) is 5.75 Å². The van der Waals surface area contributed by atoms with E-state index in [-0.39, 0.29) is 24.1 Å². The number of rotatable bonds is 6. The van der Waals surface area contributed by atoms with Crippen LogP contribution >= 0.6 is 11.3 Å². The van der Waals surface area contributed by atoms with E-state index in [0.717, 1.165) is 11.3 Å². The first-order valence-corrected chi connectivity index (χ1v) is 12.7. The lowest BCUT2D eigenvalue weighted by Crippen LogP contribution is -2.36. The summed E-state index contributed by atoms with van der Waals surface area (Å²) in [6.07, 6.45) is 1.70. The molecule has 35 heavy (non-hydrogen) atoms. The summed E-state index contributed by atoms with van der Waals surface area (Å²) in [7, 11) is 0. The third-order valence-electron chi connectivity index (χ3n) is 6.66. The third-order valence-corrected chi connectivity index (χ3v) is 7.70. The maximum Gasteiger partial charge on any atom is 0.336 e. The Morgan fingerprint density at radius 1 is 1.09 bits per heavy atom. The number of ether oxygens (including phenoxy) is 1. The molecule has 0 saturated carbocycles. The van der Waals surface area contributed by atoms with E-state index in [0.29, 0.717) is 41.7 Å². The first kappa shape index (κ1) is 23.1. The Bertz CT molecular complexity index is 1310. The standard InChI is InChI=1S/C29H27NO4S/c1-18-26(29(33)34-13-12-19-7-3-2-4-8-19)27(20-9-5-10-22(31)15-20)28-23(30-18)16-21(17-24(28)32)25-11-6-14-35-25/h2-11,14-15,21,27,30-31H,12-13,16-17H2,1H3/t21-,27-/m1/s1. The molecule has 2 N–H and O–H groups in total. The number of carbonyl (C=O) groups is 2. The lowest BCUT2D eigenvalue weighted by molar-refractivity contribution is -0.139. The SMILES string of the molecule is CC1=C(C(=O)OCCc2ccccc2)[C@@H](c2cccc(O)c2)C2=C(C[C@@H](c3cccs3)CC2=O)N1. The van der Waals surface area contributed by atoms with Gasteiger partial charge < -0.3 is 15.2 Å². The molecule has 0 radical (unpaired) electrons. The van der Waals surface area contributed by atoms with Gasteiger partial charge >= 0.3 is 5.97 Å². The van der Waals surface area contributed by atoms with Gasteiger partial charge in [-0.15, -0.1) is 11.3 Å². The average molecular weight is 486 g/mol. The van der Waals surface area contributed by atoms with E-state index in [1.54, 1.807) is 29.5 Å². The van der Waals surface area contributed by atoms with Crippen molar-refractivity contribution in [3.8, 4) is 5.75 Å². The molecule has 0 unspecified atom stereocenters. The van der Waals surface area contributed by atoms with E-state index in [9.17, 15) is 14.7 Å². The summed E-state index contributed by atoms with van der Waals surface area (Å²) in [5.41, 5.74) is 4.35. The molecule has 0 saturated heterocycles. The van der Waals surface area contributed by atoms with E-state index in [1.807, 2.05) is 54.8 Å². The zero-order valence-corrected chi connectivity index (χ0v) is 20.3. The van der Waals surface area contributed by atoms with Gasteiger partial charge in [-0.3, -0.25) is 4.79 Å². The number of benzene rings is 2. The second-order valence-electron chi connectivity index (χ2n) is 9.00. The number of phenols is 1. The van der Waals surface area contributed by atoms with Gasteiger partial charge in [-0.1, -0.05) is 48.5 Å². The van der Waals surface area contributed by atoms with Gasteiger partial charge in [0, 0.05) is 46.5 Å². The van der Waals surface area contributed by atoms with E-state index in [1.165, 1.54) is 4.88 Å². The Morgan fingerprint density at radius 2 is 1.91 bits per heavy atom. The molecule has 0 bridgehead atoms. The summed E-state index contributed by atoms with van der Waals surface area (Å²) in [5.74, 6) is -0.797.